The Morgan fingerprint density at radius 3 is 2.24 bits per heavy atom. The number of halogens is 1. The summed E-state index contributed by atoms with van der Waals surface area (Å²) < 4.78 is 0. The summed E-state index contributed by atoms with van der Waals surface area (Å²) in [5.41, 5.74) is 7.91. The third-order valence-electron chi connectivity index (χ3n) is 4.71. The number of nitrogens with two attached hydrogens (primary N) is 1. The summed E-state index contributed by atoms with van der Waals surface area (Å²) in [6.07, 6.45) is 7.65. The van der Waals surface area contributed by atoms with Gasteiger partial charge in [0, 0.05) is 18.5 Å². The molecule has 1 aliphatic carbocycles. The van der Waals surface area contributed by atoms with Gasteiger partial charge in [-0.25, -0.2) is 0 Å². The van der Waals surface area contributed by atoms with E-state index in [1.54, 1.807) is 0 Å². The standard InChI is InChI=1S/C17H25N3.HI/c18-16(20-12-6-1-2-7-13-20)19-14-17(10-11-17)15-8-4-3-5-9-15;/h3-5,8-9H,1-2,6-7,10-14H2,(H2,18,19);1H. The van der Waals surface area contributed by atoms with Crippen LogP contribution in [0.1, 0.15) is 44.1 Å². The van der Waals surface area contributed by atoms with Gasteiger partial charge in [-0.15, -0.1) is 24.0 Å². The van der Waals surface area contributed by atoms with Crippen LogP contribution in [0.15, 0.2) is 35.3 Å². The summed E-state index contributed by atoms with van der Waals surface area (Å²) in [6.45, 7) is 3.00. The number of rotatable bonds is 3. The Labute approximate surface area is 145 Å². The van der Waals surface area contributed by atoms with Crippen LogP contribution >= 0.6 is 24.0 Å². The normalized spacial score (nSPS) is 21.3. The van der Waals surface area contributed by atoms with E-state index in [4.69, 9.17) is 10.7 Å². The molecule has 2 fully saturated rings. The van der Waals surface area contributed by atoms with Gasteiger partial charge < -0.3 is 10.6 Å². The molecule has 0 amide bonds. The Morgan fingerprint density at radius 2 is 1.67 bits per heavy atom. The molecular formula is C17H26IN3. The largest absolute Gasteiger partial charge is 0.370 e. The fourth-order valence-corrected chi connectivity index (χ4v) is 3.11. The van der Waals surface area contributed by atoms with E-state index in [9.17, 15) is 0 Å². The summed E-state index contributed by atoms with van der Waals surface area (Å²) >= 11 is 0. The maximum atomic E-state index is 6.21. The number of nitrogens with zero attached hydrogens (tertiary/aromatic N) is 2. The Bertz CT molecular complexity index is 460. The maximum Gasteiger partial charge on any atom is 0.191 e. The molecule has 2 aliphatic rings. The van der Waals surface area contributed by atoms with Crippen LogP contribution in [-0.4, -0.2) is 30.5 Å². The zero-order valence-corrected chi connectivity index (χ0v) is 15.0. The Balaban J connectivity index is 0.00000161. The van der Waals surface area contributed by atoms with E-state index in [2.05, 4.69) is 35.2 Å². The lowest BCUT2D eigenvalue weighted by Crippen LogP contribution is -2.38. The average Bonchev–Trinajstić information content (AvgIpc) is 3.30. The van der Waals surface area contributed by atoms with Crippen LogP contribution in [0.2, 0.25) is 0 Å². The van der Waals surface area contributed by atoms with Crippen molar-refractivity contribution in [3.63, 3.8) is 0 Å². The highest BCUT2D eigenvalue weighted by Crippen LogP contribution is 2.48. The van der Waals surface area contributed by atoms with Gasteiger partial charge in [0.2, 0.25) is 0 Å². The topological polar surface area (TPSA) is 41.6 Å². The van der Waals surface area contributed by atoms with Crippen LogP contribution in [0.4, 0.5) is 0 Å². The lowest BCUT2D eigenvalue weighted by Gasteiger charge is -2.22. The van der Waals surface area contributed by atoms with Crippen LogP contribution in [0.25, 0.3) is 0 Å². The van der Waals surface area contributed by atoms with E-state index >= 15 is 0 Å². The zero-order valence-electron chi connectivity index (χ0n) is 12.6. The fourth-order valence-electron chi connectivity index (χ4n) is 3.11. The number of aliphatic imine (C=N–C) groups is 1. The van der Waals surface area contributed by atoms with Crippen molar-refractivity contribution in [1.29, 1.82) is 0 Å². The van der Waals surface area contributed by atoms with Gasteiger partial charge in [-0.05, 0) is 31.2 Å². The SMILES string of the molecule is I.NC(=NCC1(c2ccccc2)CC1)N1CCCCCC1. The van der Waals surface area contributed by atoms with Crippen molar-refractivity contribution in [2.45, 2.75) is 43.9 Å². The first-order valence-electron chi connectivity index (χ1n) is 7.91. The van der Waals surface area contributed by atoms with E-state index < -0.39 is 0 Å². The number of hydrogen-bond acceptors (Lipinski definition) is 1. The van der Waals surface area contributed by atoms with E-state index in [1.165, 1.54) is 44.1 Å². The Kier molecular flexibility index (Phi) is 5.90. The Morgan fingerprint density at radius 1 is 1.05 bits per heavy atom. The molecule has 116 valence electrons. The molecule has 0 radical (unpaired) electrons. The van der Waals surface area contributed by atoms with Crippen molar-refractivity contribution in [1.82, 2.24) is 4.90 Å². The first kappa shape index (κ1) is 16.6. The number of hydrogen-bond donors (Lipinski definition) is 1. The van der Waals surface area contributed by atoms with Crippen molar-refractivity contribution in [2.75, 3.05) is 19.6 Å². The van der Waals surface area contributed by atoms with Gasteiger partial charge in [0.25, 0.3) is 0 Å². The number of likely N-dealkylation sites (tertiary alicyclic amines) is 1. The lowest BCUT2D eigenvalue weighted by atomic mass is 9.96. The first-order chi connectivity index (χ1) is 9.80. The molecule has 1 aliphatic heterocycles. The van der Waals surface area contributed by atoms with E-state index in [-0.39, 0.29) is 29.4 Å². The van der Waals surface area contributed by atoms with Crippen LogP contribution < -0.4 is 5.73 Å². The van der Waals surface area contributed by atoms with Crippen molar-refractivity contribution in [3.8, 4) is 0 Å². The second kappa shape index (κ2) is 7.47. The summed E-state index contributed by atoms with van der Waals surface area (Å²) in [7, 11) is 0. The highest BCUT2D eigenvalue weighted by Gasteiger charge is 2.44. The molecule has 1 saturated heterocycles. The molecule has 1 saturated carbocycles. The Hall–Kier alpha value is -0.780. The van der Waals surface area contributed by atoms with Crippen molar-refractivity contribution >= 4 is 29.9 Å². The summed E-state index contributed by atoms with van der Waals surface area (Å²) in [4.78, 5) is 6.99. The minimum atomic E-state index is 0. The quantitative estimate of drug-likeness (QED) is 0.480. The van der Waals surface area contributed by atoms with Crippen LogP contribution in [0.5, 0.6) is 0 Å². The second-order valence-corrected chi connectivity index (χ2v) is 6.22. The van der Waals surface area contributed by atoms with Gasteiger partial charge in [0.15, 0.2) is 5.96 Å². The molecule has 1 aromatic rings. The second-order valence-electron chi connectivity index (χ2n) is 6.22. The average molecular weight is 399 g/mol. The fraction of sp³-hybridized carbons (Fsp3) is 0.588. The predicted octanol–water partition coefficient (Wildman–Crippen LogP) is 3.53. The van der Waals surface area contributed by atoms with Crippen LogP contribution in [0, 0.1) is 0 Å². The van der Waals surface area contributed by atoms with Crippen molar-refractivity contribution < 1.29 is 0 Å². The molecule has 1 aromatic carbocycles. The predicted molar refractivity (Wildman–Crippen MR) is 99.3 cm³/mol. The van der Waals surface area contributed by atoms with Gasteiger partial charge in [0.05, 0.1) is 6.54 Å². The molecule has 3 nitrogen and oxygen atoms in total. The third kappa shape index (κ3) is 4.11. The monoisotopic (exact) mass is 399 g/mol. The minimum Gasteiger partial charge on any atom is -0.370 e. The van der Waals surface area contributed by atoms with Gasteiger partial charge in [-0.2, -0.15) is 0 Å². The molecule has 0 spiro atoms. The van der Waals surface area contributed by atoms with E-state index in [1.807, 2.05) is 0 Å². The lowest BCUT2D eigenvalue weighted by molar-refractivity contribution is 0.427. The summed E-state index contributed by atoms with van der Waals surface area (Å²) in [6, 6.07) is 10.8. The molecule has 0 aromatic heterocycles. The highest BCUT2D eigenvalue weighted by molar-refractivity contribution is 14.0. The molecular weight excluding hydrogens is 373 g/mol. The van der Waals surface area contributed by atoms with Gasteiger partial charge in [-0.3, -0.25) is 4.99 Å². The van der Waals surface area contributed by atoms with Crippen molar-refractivity contribution in [3.05, 3.63) is 35.9 Å². The smallest absolute Gasteiger partial charge is 0.191 e. The molecule has 0 bridgehead atoms. The van der Waals surface area contributed by atoms with E-state index in [0.29, 0.717) is 0 Å². The third-order valence-corrected chi connectivity index (χ3v) is 4.71. The molecule has 21 heavy (non-hydrogen) atoms. The first-order valence-corrected chi connectivity index (χ1v) is 7.91. The number of guanidine groups is 1. The maximum absolute atomic E-state index is 6.21. The molecule has 3 rings (SSSR count). The molecule has 2 N–H and O–H groups in total. The van der Waals surface area contributed by atoms with Crippen LogP contribution in [0.3, 0.4) is 0 Å². The number of benzene rings is 1. The molecule has 0 atom stereocenters. The van der Waals surface area contributed by atoms with Gasteiger partial charge in [0.1, 0.15) is 0 Å². The summed E-state index contributed by atoms with van der Waals surface area (Å²) in [5.74, 6) is 0.758. The molecule has 4 heteroatoms. The van der Waals surface area contributed by atoms with Crippen molar-refractivity contribution in [2.24, 2.45) is 10.7 Å². The minimum absolute atomic E-state index is 0. The van der Waals surface area contributed by atoms with Gasteiger partial charge >= 0.3 is 0 Å². The zero-order chi connectivity index (χ0) is 13.8. The molecule has 1 heterocycles. The van der Waals surface area contributed by atoms with Gasteiger partial charge in [-0.1, -0.05) is 43.2 Å². The summed E-state index contributed by atoms with van der Waals surface area (Å²) in [5, 5.41) is 0. The van der Waals surface area contributed by atoms with Crippen LogP contribution in [-0.2, 0) is 5.41 Å². The molecule has 0 unspecified atom stereocenters. The highest BCUT2D eigenvalue weighted by atomic mass is 127. The van der Waals surface area contributed by atoms with E-state index in [0.717, 1.165) is 25.6 Å².